The minimum absolute atomic E-state index is 0.0619. The SMILES string of the molecule is Cc1[nH]c(-c2cccc(C(F)(F)F)c2)nc1C(=O)N1CCC(C)(C(=O)O)C1. The van der Waals surface area contributed by atoms with Crippen molar-refractivity contribution in [2.45, 2.75) is 26.4 Å². The lowest BCUT2D eigenvalue weighted by Gasteiger charge is -2.19. The lowest BCUT2D eigenvalue weighted by molar-refractivity contribution is -0.147. The van der Waals surface area contributed by atoms with E-state index in [2.05, 4.69) is 9.97 Å². The number of likely N-dealkylation sites (tertiary alicyclic amines) is 1. The molecule has 0 radical (unpaired) electrons. The lowest BCUT2D eigenvalue weighted by Crippen LogP contribution is -2.35. The average Bonchev–Trinajstić information content (AvgIpc) is 3.18. The number of aliphatic carboxylic acids is 1. The number of nitrogens with zero attached hydrogens (tertiary/aromatic N) is 2. The Kier molecular flexibility index (Phi) is 4.49. The normalized spacial score (nSPS) is 20.1. The van der Waals surface area contributed by atoms with Crippen LogP contribution in [0.4, 0.5) is 13.2 Å². The predicted molar refractivity (Wildman–Crippen MR) is 90.0 cm³/mol. The Balaban J connectivity index is 1.87. The summed E-state index contributed by atoms with van der Waals surface area (Å²) in [4.78, 5) is 32.5. The summed E-state index contributed by atoms with van der Waals surface area (Å²) in [5, 5.41) is 9.29. The highest BCUT2D eigenvalue weighted by Crippen LogP contribution is 2.33. The molecule has 2 N–H and O–H groups in total. The van der Waals surface area contributed by atoms with Crippen molar-refractivity contribution in [2.75, 3.05) is 13.1 Å². The van der Waals surface area contributed by atoms with E-state index in [1.807, 2.05) is 0 Å². The zero-order chi connectivity index (χ0) is 20.0. The molecule has 1 aliphatic heterocycles. The summed E-state index contributed by atoms with van der Waals surface area (Å²) in [6, 6.07) is 4.67. The van der Waals surface area contributed by atoms with E-state index in [9.17, 15) is 27.9 Å². The molecule has 1 fully saturated rings. The number of alkyl halides is 3. The summed E-state index contributed by atoms with van der Waals surface area (Å²) in [5.74, 6) is -1.25. The largest absolute Gasteiger partial charge is 0.481 e. The van der Waals surface area contributed by atoms with Crippen LogP contribution in [0.3, 0.4) is 0 Å². The number of aromatic amines is 1. The Bertz CT molecular complexity index is 907. The molecule has 0 aliphatic carbocycles. The molecule has 1 atom stereocenters. The molecule has 0 saturated carbocycles. The summed E-state index contributed by atoms with van der Waals surface area (Å²) in [7, 11) is 0. The molecule has 2 heterocycles. The van der Waals surface area contributed by atoms with E-state index in [4.69, 9.17) is 0 Å². The summed E-state index contributed by atoms with van der Waals surface area (Å²) >= 11 is 0. The third-order valence-corrected chi connectivity index (χ3v) is 4.83. The van der Waals surface area contributed by atoms with Crippen LogP contribution in [0.25, 0.3) is 11.4 Å². The molecule has 1 aromatic heterocycles. The molecule has 9 heteroatoms. The average molecular weight is 381 g/mol. The highest BCUT2D eigenvalue weighted by Gasteiger charge is 2.43. The molecule has 1 aromatic carbocycles. The second-order valence-electron chi connectivity index (χ2n) is 6.98. The van der Waals surface area contributed by atoms with Crippen molar-refractivity contribution in [3.8, 4) is 11.4 Å². The van der Waals surface area contributed by atoms with E-state index < -0.39 is 29.0 Å². The number of amides is 1. The Hall–Kier alpha value is -2.84. The molecule has 0 bridgehead atoms. The molecule has 144 valence electrons. The van der Waals surface area contributed by atoms with Gasteiger partial charge in [-0.25, -0.2) is 4.98 Å². The van der Waals surface area contributed by atoms with Gasteiger partial charge in [0.25, 0.3) is 5.91 Å². The van der Waals surface area contributed by atoms with Crippen LogP contribution in [0, 0.1) is 12.3 Å². The first kappa shape index (κ1) is 18.9. The number of benzene rings is 1. The summed E-state index contributed by atoms with van der Waals surface area (Å²) in [5.41, 5.74) is -1.11. The first-order valence-corrected chi connectivity index (χ1v) is 8.28. The molecule has 1 saturated heterocycles. The van der Waals surface area contributed by atoms with Gasteiger partial charge in [-0.05, 0) is 32.4 Å². The lowest BCUT2D eigenvalue weighted by atomic mass is 9.90. The van der Waals surface area contributed by atoms with Crippen molar-refractivity contribution in [3.05, 3.63) is 41.2 Å². The van der Waals surface area contributed by atoms with E-state index in [1.165, 1.54) is 17.0 Å². The van der Waals surface area contributed by atoms with Crippen LogP contribution in [0.1, 0.15) is 35.1 Å². The number of hydrogen-bond donors (Lipinski definition) is 2. The van der Waals surface area contributed by atoms with Crippen molar-refractivity contribution in [1.82, 2.24) is 14.9 Å². The van der Waals surface area contributed by atoms with Crippen LogP contribution >= 0.6 is 0 Å². The quantitative estimate of drug-likeness (QED) is 0.854. The molecule has 2 aromatic rings. The maximum Gasteiger partial charge on any atom is 0.416 e. The molecule has 3 rings (SSSR count). The topological polar surface area (TPSA) is 86.3 Å². The molecular formula is C18H18F3N3O3. The van der Waals surface area contributed by atoms with Crippen LogP contribution in [0.5, 0.6) is 0 Å². The maximum absolute atomic E-state index is 12.9. The standard InChI is InChI=1S/C18H18F3N3O3/c1-10-13(15(25)24-7-6-17(2,9-24)16(26)27)23-14(22-10)11-4-3-5-12(8-11)18(19,20)21/h3-5,8H,6-7,9H2,1-2H3,(H,22,23)(H,26,27). The van der Waals surface area contributed by atoms with Crippen LogP contribution in [-0.2, 0) is 11.0 Å². The minimum Gasteiger partial charge on any atom is -0.481 e. The molecular weight excluding hydrogens is 363 g/mol. The molecule has 27 heavy (non-hydrogen) atoms. The maximum atomic E-state index is 12.9. The molecule has 1 unspecified atom stereocenters. The Morgan fingerprint density at radius 1 is 1.33 bits per heavy atom. The third-order valence-electron chi connectivity index (χ3n) is 4.83. The summed E-state index contributed by atoms with van der Waals surface area (Å²) < 4.78 is 38.7. The van der Waals surface area contributed by atoms with Gasteiger partial charge in [-0.2, -0.15) is 13.2 Å². The Morgan fingerprint density at radius 3 is 2.63 bits per heavy atom. The summed E-state index contributed by atoms with van der Waals surface area (Å²) in [6.45, 7) is 3.52. The van der Waals surface area contributed by atoms with Gasteiger partial charge < -0.3 is 15.0 Å². The predicted octanol–water partition coefficient (Wildman–Crippen LogP) is 3.34. The van der Waals surface area contributed by atoms with E-state index >= 15 is 0 Å². The first-order valence-electron chi connectivity index (χ1n) is 8.28. The van der Waals surface area contributed by atoms with Gasteiger partial charge in [0.05, 0.1) is 11.0 Å². The highest BCUT2D eigenvalue weighted by atomic mass is 19.4. The fourth-order valence-electron chi connectivity index (χ4n) is 3.11. The first-order chi connectivity index (χ1) is 12.5. The fraction of sp³-hybridized carbons (Fsp3) is 0.389. The van der Waals surface area contributed by atoms with Crippen LogP contribution in [0.2, 0.25) is 0 Å². The molecule has 1 aliphatic rings. The van der Waals surface area contributed by atoms with Gasteiger partial charge >= 0.3 is 12.1 Å². The van der Waals surface area contributed by atoms with Gasteiger partial charge in [-0.15, -0.1) is 0 Å². The third kappa shape index (κ3) is 3.54. The number of carbonyl (C=O) groups is 2. The number of imidazole rings is 1. The number of nitrogens with one attached hydrogen (secondary N) is 1. The van der Waals surface area contributed by atoms with Crippen LogP contribution in [0.15, 0.2) is 24.3 Å². The van der Waals surface area contributed by atoms with Gasteiger partial charge in [0.2, 0.25) is 0 Å². The van der Waals surface area contributed by atoms with Crippen molar-refractivity contribution in [2.24, 2.45) is 5.41 Å². The number of halogens is 3. The van der Waals surface area contributed by atoms with Gasteiger partial charge in [0.1, 0.15) is 11.5 Å². The van der Waals surface area contributed by atoms with Crippen molar-refractivity contribution < 1.29 is 27.9 Å². The van der Waals surface area contributed by atoms with Gasteiger partial charge in [-0.1, -0.05) is 12.1 Å². The van der Waals surface area contributed by atoms with Crippen LogP contribution < -0.4 is 0 Å². The molecule has 1 amide bonds. The number of hydrogen-bond acceptors (Lipinski definition) is 3. The highest BCUT2D eigenvalue weighted by molar-refractivity contribution is 5.95. The monoisotopic (exact) mass is 381 g/mol. The van der Waals surface area contributed by atoms with Crippen molar-refractivity contribution in [1.29, 1.82) is 0 Å². The number of H-pyrrole nitrogens is 1. The zero-order valence-corrected chi connectivity index (χ0v) is 14.7. The smallest absolute Gasteiger partial charge is 0.416 e. The van der Waals surface area contributed by atoms with Gasteiger partial charge in [0.15, 0.2) is 0 Å². The molecule has 0 spiro atoms. The van der Waals surface area contributed by atoms with E-state index in [-0.39, 0.29) is 30.2 Å². The second-order valence-corrected chi connectivity index (χ2v) is 6.98. The van der Waals surface area contributed by atoms with Crippen LogP contribution in [-0.4, -0.2) is 44.9 Å². The summed E-state index contributed by atoms with van der Waals surface area (Å²) in [6.07, 6.45) is -4.15. The number of carbonyl (C=O) groups excluding carboxylic acids is 1. The Labute approximate surface area is 153 Å². The van der Waals surface area contributed by atoms with Crippen molar-refractivity contribution >= 4 is 11.9 Å². The van der Waals surface area contributed by atoms with Crippen molar-refractivity contribution in [3.63, 3.8) is 0 Å². The number of aromatic nitrogens is 2. The number of carboxylic acid groups (broad SMARTS) is 1. The van der Waals surface area contributed by atoms with Gasteiger partial charge in [0, 0.05) is 24.3 Å². The van der Waals surface area contributed by atoms with E-state index in [1.54, 1.807) is 13.8 Å². The number of rotatable bonds is 3. The minimum atomic E-state index is -4.48. The number of aryl methyl sites for hydroxylation is 1. The fourth-order valence-corrected chi connectivity index (χ4v) is 3.11. The Morgan fingerprint density at radius 2 is 2.04 bits per heavy atom. The number of carboxylic acids is 1. The second kappa shape index (κ2) is 6.40. The van der Waals surface area contributed by atoms with E-state index in [0.29, 0.717) is 12.1 Å². The van der Waals surface area contributed by atoms with E-state index in [0.717, 1.165) is 12.1 Å². The zero-order valence-electron chi connectivity index (χ0n) is 14.7. The molecule has 6 nitrogen and oxygen atoms in total. The van der Waals surface area contributed by atoms with Gasteiger partial charge in [-0.3, -0.25) is 9.59 Å².